The Morgan fingerprint density at radius 2 is 1.71 bits per heavy atom. The maximum atomic E-state index is 14.6. The van der Waals surface area contributed by atoms with Crippen molar-refractivity contribution in [2.75, 3.05) is 31.5 Å². The van der Waals surface area contributed by atoms with Crippen LogP contribution < -0.4 is 9.62 Å². The molecule has 2 amide bonds. The minimum atomic E-state index is -4.22. The van der Waals surface area contributed by atoms with Crippen LogP contribution in [0.3, 0.4) is 0 Å². The summed E-state index contributed by atoms with van der Waals surface area (Å²) in [6.45, 7) is 5.29. The van der Waals surface area contributed by atoms with E-state index in [1.54, 1.807) is 19.1 Å². The van der Waals surface area contributed by atoms with Crippen LogP contribution in [-0.2, 0) is 26.3 Å². The minimum absolute atomic E-state index is 0.0572. The molecule has 192 valence electrons. The Balaban J connectivity index is 2.45. The van der Waals surface area contributed by atoms with Gasteiger partial charge in [-0.05, 0) is 42.7 Å². The van der Waals surface area contributed by atoms with Crippen LogP contribution in [-0.4, -0.2) is 62.7 Å². The number of para-hydroxylation sites is 1. The van der Waals surface area contributed by atoms with Crippen molar-refractivity contribution < 1.29 is 22.4 Å². The normalized spacial score (nSPS) is 12.5. The highest BCUT2D eigenvalue weighted by Crippen LogP contribution is 2.24. The van der Waals surface area contributed by atoms with E-state index in [4.69, 9.17) is 0 Å². The molecule has 0 saturated carbocycles. The fraction of sp³-hybridized carbons (Fsp3) is 0.417. The van der Waals surface area contributed by atoms with Crippen LogP contribution in [0.4, 0.5) is 10.1 Å². The van der Waals surface area contributed by atoms with E-state index in [1.165, 1.54) is 37.2 Å². The number of nitrogens with zero attached hydrogens (tertiary/aromatic N) is 3. The molecule has 2 aromatic rings. The Morgan fingerprint density at radius 1 is 1.06 bits per heavy atom. The second-order valence-corrected chi connectivity index (χ2v) is 11.7. The zero-order chi connectivity index (χ0) is 26.3. The summed E-state index contributed by atoms with van der Waals surface area (Å²) in [6.07, 6.45) is 0. The van der Waals surface area contributed by atoms with Crippen molar-refractivity contribution in [3.63, 3.8) is 0 Å². The van der Waals surface area contributed by atoms with Gasteiger partial charge >= 0.3 is 10.2 Å². The standard InChI is InChI=1S/C24H32BrFN4O4S/c1-17(2)14-27-24(32)18(3)29(15-19-9-8-10-20(25)13-19)23(31)16-30(35(33,34)28(4)5)22-12-7-6-11-21(22)26/h6-13,17-18H,14-16H2,1-5H3,(H,27,32). The molecule has 2 aromatic carbocycles. The predicted octanol–water partition coefficient (Wildman–Crippen LogP) is 3.39. The third-order valence-electron chi connectivity index (χ3n) is 5.23. The molecule has 0 aliphatic rings. The monoisotopic (exact) mass is 570 g/mol. The van der Waals surface area contributed by atoms with Crippen LogP contribution in [0.1, 0.15) is 26.3 Å². The SMILES string of the molecule is CC(C)CNC(=O)C(C)N(Cc1cccc(Br)c1)C(=O)CN(c1ccccc1F)S(=O)(=O)N(C)C. The number of rotatable bonds is 11. The first-order chi connectivity index (χ1) is 16.3. The van der Waals surface area contributed by atoms with E-state index in [1.807, 2.05) is 26.0 Å². The van der Waals surface area contributed by atoms with Gasteiger partial charge in [-0.15, -0.1) is 0 Å². The summed E-state index contributed by atoms with van der Waals surface area (Å²) in [5.74, 6) is -1.59. The molecule has 0 saturated heterocycles. The molecule has 11 heteroatoms. The lowest BCUT2D eigenvalue weighted by Crippen LogP contribution is -2.52. The van der Waals surface area contributed by atoms with Crippen LogP contribution in [0.2, 0.25) is 0 Å². The summed E-state index contributed by atoms with van der Waals surface area (Å²) in [4.78, 5) is 27.7. The maximum absolute atomic E-state index is 14.6. The molecular formula is C24H32BrFN4O4S. The van der Waals surface area contributed by atoms with Crippen molar-refractivity contribution in [1.82, 2.24) is 14.5 Å². The Hall–Kier alpha value is -2.50. The first-order valence-electron chi connectivity index (χ1n) is 11.1. The van der Waals surface area contributed by atoms with Crippen molar-refractivity contribution in [2.45, 2.75) is 33.4 Å². The lowest BCUT2D eigenvalue weighted by Gasteiger charge is -2.33. The van der Waals surface area contributed by atoms with Crippen LogP contribution in [0, 0.1) is 11.7 Å². The van der Waals surface area contributed by atoms with E-state index in [2.05, 4.69) is 21.2 Å². The third kappa shape index (κ3) is 7.74. The van der Waals surface area contributed by atoms with Gasteiger partial charge in [0.2, 0.25) is 11.8 Å². The van der Waals surface area contributed by atoms with E-state index in [-0.39, 0.29) is 24.1 Å². The fourth-order valence-electron chi connectivity index (χ4n) is 3.22. The molecule has 35 heavy (non-hydrogen) atoms. The van der Waals surface area contributed by atoms with Gasteiger partial charge < -0.3 is 10.2 Å². The first kappa shape index (κ1) is 28.7. The maximum Gasteiger partial charge on any atom is 0.304 e. The number of anilines is 1. The number of halogens is 2. The number of hydrogen-bond donors (Lipinski definition) is 1. The smallest absolute Gasteiger partial charge is 0.304 e. The van der Waals surface area contributed by atoms with Crippen molar-refractivity contribution in [2.24, 2.45) is 5.92 Å². The van der Waals surface area contributed by atoms with Gasteiger partial charge in [0, 0.05) is 31.7 Å². The molecule has 0 aliphatic carbocycles. The molecule has 0 bridgehead atoms. The molecule has 0 aromatic heterocycles. The van der Waals surface area contributed by atoms with Crippen LogP contribution in [0.15, 0.2) is 53.0 Å². The van der Waals surface area contributed by atoms with Crippen molar-refractivity contribution in [1.29, 1.82) is 0 Å². The van der Waals surface area contributed by atoms with Crippen molar-refractivity contribution in [3.8, 4) is 0 Å². The van der Waals surface area contributed by atoms with Gasteiger partial charge in [0.1, 0.15) is 18.4 Å². The van der Waals surface area contributed by atoms with E-state index < -0.39 is 34.5 Å². The summed E-state index contributed by atoms with van der Waals surface area (Å²) in [5, 5.41) is 2.81. The van der Waals surface area contributed by atoms with Gasteiger partial charge in [-0.1, -0.05) is 54.0 Å². The van der Waals surface area contributed by atoms with Gasteiger partial charge in [0.25, 0.3) is 0 Å². The van der Waals surface area contributed by atoms with E-state index in [0.29, 0.717) is 6.54 Å². The Bertz CT molecular complexity index is 1140. The Morgan fingerprint density at radius 3 is 2.29 bits per heavy atom. The molecule has 0 spiro atoms. The second kappa shape index (κ2) is 12.5. The van der Waals surface area contributed by atoms with Crippen LogP contribution >= 0.6 is 15.9 Å². The number of carbonyl (C=O) groups is 2. The Kier molecular flexibility index (Phi) is 10.2. The predicted molar refractivity (Wildman–Crippen MR) is 138 cm³/mol. The average Bonchev–Trinajstić information content (AvgIpc) is 2.79. The molecular weight excluding hydrogens is 539 g/mol. The molecule has 1 atom stereocenters. The van der Waals surface area contributed by atoms with Gasteiger partial charge in [0.15, 0.2) is 0 Å². The molecule has 1 N–H and O–H groups in total. The summed E-state index contributed by atoms with van der Waals surface area (Å²) >= 11 is 3.40. The number of hydrogen-bond acceptors (Lipinski definition) is 4. The summed E-state index contributed by atoms with van der Waals surface area (Å²) in [5.41, 5.74) is 0.484. The number of benzene rings is 2. The minimum Gasteiger partial charge on any atom is -0.354 e. The van der Waals surface area contributed by atoms with Crippen LogP contribution in [0.25, 0.3) is 0 Å². The van der Waals surface area contributed by atoms with E-state index in [9.17, 15) is 22.4 Å². The fourth-order valence-corrected chi connectivity index (χ4v) is 4.73. The summed E-state index contributed by atoms with van der Waals surface area (Å²) in [7, 11) is -1.62. The van der Waals surface area contributed by atoms with Crippen LogP contribution in [0.5, 0.6) is 0 Å². The number of carbonyl (C=O) groups excluding carboxylic acids is 2. The largest absolute Gasteiger partial charge is 0.354 e. The zero-order valence-electron chi connectivity index (χ0n) is 20.5. The highest BCUT2D eigenvalue weighted by Gasteiger charge is 2.33. The lowest BCUT2D eigenvalue weighted by molar-refractivity contribution is -0.139. The molecule has 0 aliphatic heterocycles. The number of nitrogens with one attached hydrogen (secondary N) is 1. The molecule has 2 rings (SSSR count). The third-order valence-corrected chi connectivity index (χ3v) is 7.53. The lowest BCUT2D eigenvalue weighted by atomic mass is 10.1. The zero-order valence-corrected chi connectivity index (χ0v) is 22.9. The first-order valence-corrected chi connectivity index (χ1v) is 13.3. The topological polar surface area (TPSA) is 90.0 Å². The van der Waals surface area contributed by atoms with E-state index in [0.717, 1.165) is 24.7 Å². The van der Waals surface area contributed by atoms with Crippen molar-refractivity contribution >= 4 is 43.6 Å². The van der Waals surface area contributed by atoms with Crippen molar-refractivity contribution in [3.05, 3.63) is 64.4 Å². The average molecular weight is 572 g/mol. The molecule has 0 heterocycles. The number of amides is 2. The van der Waals surface area contributed by atoms with Gasteiger partial charge in [-0.3, -0.25) is 9.59 Å². The summed E-state index contributed by atoms with van der Waals surface area (Å²) < 4.78 is 43.1. The Labute approximate surface area is 215 Å². The second-order valence-electron chi connectivity index (χ2n) is 8.71. The molecule has 8 nitrogen and oxygen atoms in total. The van der Waals surface area contributed by atoms with Gasteiger partial charge in [-0.25, -0.2) is 8.70 Å². The summed E-state index contributed by atoms with van der Waals surface area (Å²) in [6, 6.07) is 11.7. The quantitative estimate of drug-likeness (QED) is 0.448. The van der Waals surface area contributed by atoms with Gasteiger partial charge in [-0.2, -0.15) is 12.7 Å². The highest BCUT2D eigenvalue weighted by atomic mass is 79.9. The van der Waals surface area contributed by atoms with Gasteiger partial charge in [0.05, 0.1) is 5.69 Å². The molecule has 1 unspecified atom stereocenters. The molecule has 0 fully saturated rings. The van der Waals surface area contributed by atoms with E-state index >= 15 is 0 Å². The highest BCUT2D eigenvalue weighted by molar-refractivity contribution is 9.10. The molecule has 0 radical (unpaired) electrons.